The van der Waals surface area contributed by atoms with Gasteiger partial charge < -0.3 is 5.11 Å². The van der Waals surface area contributed by atoms with Crippen LogP contribution >= 0.6 is 11.3 Å². The minimum atomic E-state index is -1.05. The maximum Gasteiger partial charge on any atom is 0.356 e. The summed E-state index contributed by atoms with van der Waals surface area (Å²) in [5.74, 6) is -0.533. The molecule has 2 heterocycles. The molecule has 2 aromatic rings. The van der Waals surface area contributed by atoms with Crippen LogP contribution in [0.25, 0.3) is 10.7 Å². The fourth-order valence-corrected chi connectivity index (χ4v) is 1.86. The molecule has 7 heteroatoms. The van der Waals surface area contributed by atoms with Gasteiger partial charge in [0, 0.05) is 7.05 Å². The molecule has 2 rings (SSSR count). The molecule has 0 bridgehead atoms. The van der Waals surface area contributed by atoms with E-state index in [9.17, 15) is 4.79 Å². The van der Waals surface area contributed by atoms with Gasteiger partial charge in [0.05, 0.1) is 5.51 Å². The Bertz CT molecular complexity index is 475. The maximum atomic E-state index is 10.8. The van der Waals surface area contributed by atoms with Gasteiger partial charge in [-0.05, 0) is 0 Å². The van der Waals surface area contributed by atoms with Gasteiger partial charge in [0.1, 0.15) is 11.2 Å². The molecule has 1 N–H and O–H groups in total. The molecule has 0 unspecified atom stereocenters. The molecule has 0 aliphatic carbocycles. The maximum absolute atomic E-state index is 10.8. The zero-order valence-electron chi connectivity index (χ0n) is 7.21. The summed E-state index contributed by atoms with van der Waals surface area (Å²) in [5, 5.41) is 12.7. The predicted molar refractivity (Wildman–Crippen MR) is 49.1 cm³/mol. The number of aromatic carboxylic acids is 1. The second kappa shape index (κ2) is 3.18. The Balaban J connectivity index is 2.57. The highest BCUT2D eigenvalue weighted by Gasteiger charge is 2.18. The predicted octanol–water partition coefficient (Wildman–Crippen LogP) is 0.637. The van der Waals surface area contributed by atoms with Crippen molar-refractivity contribution in [3.05, 3.63) is 17.5 Å². The molecular weight excluding hydrogens is 204 g/mol. The zero-order chi connectivity index (χ0) is 10.1. The molecule has 0 fully saturated rings. The third kappa shape index (κ3) is 1.27. The number of aromatic nitrogens is 4. The van der Waals surface area contributed by atoms with E-state index in [0.29, 0.717) is 10.7 Å². The number of carbonyl (C=O) groups is 1. The average molecular weight is 210 g/mol. The van der Waals surface area contributed by atoms with Crippen LogP contribution in [0.15, 0.2) is 11.8 Å². The standard InChI is InChI=1S/C7H6N4O2S/c1-11-6(8-2-10-11)5-4(7(12)13)9-3-14-5/h2-3H,1H3,(H,12,13). The van der Waals surface area contributed by atoms with Crippen LogP contribution < -0.4 is 0 Å². The highest BCUT2D eigenvalue weighted by molar-refractivity contribution is 7.13. The summed E-state index contributed by atoms with van der Waals surface area (Å²) >= 11 is 1.23. The lowest BCUT2D eigenvalue weighted by atomic mass is 10.3. The Morgan fingerprint density at radius 1 is 1.57 bits per heavy atom. The van der Waals surface area contributed by atoms with Crippen molar-refractivity contribution >= 4 is 17.3 Å². The molecule has 6 nitrogen and oxygen atoms in total. The van der Waals surface area contributed by atoms with Crippen molar-refractivity contribution in [3.63, 3.8) is 0 Å². The molecule has 0 aliphatic heterocycles. The van der Waals surface area contributed by atoms with Gasteiger partial charge in [0.25, 0.3) is 0 Å². The van der Waals surface area contributed by atoms with Crippen molar-refractivity contribution < 1.29 is 9.90 Å². The summed E-state index contributed by atoms with van der Waals surface area (Å²) in [6, 6.07) is 0. The van der Waals surface area contributed by atoms with Gasteiger partial charge >= 0.3 is 5.97 Å². The van der Waals surface area contributed by atoms with Crippen molar-refractivity contribution in [3.8, 4) is 10.7 Å². The molecule has 0 radical (unpaired) electrons. The van der Waals surface area contributed by atoms with Crippen molar-refractivity contribution in [2.45, 2.75) is 0 Å². The Labute approximate surface area is 82.9 Å². The Morgan fingerprint density at radius 3 is 2.93 bits per heavy atom. The van der Waals surface area contributed by atoms with Crippen LogP contribution in [0, 0.1) is 0 Å². The first kappa shape index (κ1) is 8.82. The number of aryl methyl sites for hydroxylation is 1. The van der Waals surface area contributed by atoms with Crippen LogP contribution in [0.5, 0.6) is 0 Å². The van der Waals surface area contributed by atoms with Gasteiger partial charge in [-0.2, -0.15) is 5.10 Å². The Hall–Kier alpha value is -1.76. The lowest BCUT2D eigenvalue weighted by Crippen LogP contribution is -2.01. The monoisotopic (exact) mass is 210 g/mol. The largest absolute Gasteiger partial charge is 0.476 e. The van der Waals surface area contributed by atoms with Crippen LogP contribution in [-0.4, -0.2) is 30.8 Å². The topological polar surface area (TPSA) is 80.9 Å². The second-order valence-electron chi connectivity index (χ2n) is 2.54. The lowest BCUT2D eigenvalue weighted by molar-refractivity contribution is 0.0692. The smallest absolute Gasteiger partial charge is 0.356 e. The minimum Gasteiger partial charge on any atom is -0.476 e. The fourth-order valence-electron chi connectivity index (χ4n) is 1.06. The number of rotatable bonds is 2. The van der Waals surface area contributed by atoms with Crippen LogP contribution in [0.3, 0.4) is 0 Å². The Morgan fingerprint density at radius 2 is 2.36 bits per heavy atom. The van der Waals surface area contributed by atoms with Crippen molar-refractivity contribution in [1.82, 2.24) is 19.7 Å². The van der Waals surface area contributed by atoms with E-state index in [1.807, 2.05) is 0 Å². The molecule has 14 heavy (non-hydrogen) atoms. The quantitative estimate of drug-likeness (QED) is 0.786. The summed E-state index contributed by atoms with van der Waals surface area (Å²) < 4.78 is 1.51. The molecule has 0 saturated heterocycles. The lowest BCUT2D eigenvalue weighted by Gasteiger charge is -1.96. The number of nitrogens with zero attached hydrogens (tertiary/aromatic N) is 4. The molecule has 0 aromatic carbocycles. The minimum absolute atomic E-state index is 0.0195. The number of thiazole rings is 1. The summed E-state index contributed by atoms with van der Waals surface area (Å²) in [4.78, 5) is 19.0. The van der Waals surface area contributed by atoms with E-state index in [-0.39, 0.29) is 5.69 Å². The van der Waals surface area contributed by atoms with E-state index in [4.69, 9.17) is 5.11 Å². The average Bonchev–Trinajstić information content (AvgIpc) is 2.70. The highest BCUT2D eigenvalue weighted by atomic mass is 32.1. The van der Waals surface area contributed by atoms with Crippen molar-refractivity contribution in [2.24, 2.45) is 7.05 Å². The first-order valence-electron chi connectivity index (χ1n) is 3.71. The normalized spacial score (nSPS) is 10.4. The van der Waals surface area contributed by atoms with Crippen molar-refractivity contribution in [2.75, 3.05) is 0 Å². The van der Waals surface area contributed by atoms with Gasteiger partial charge in [-0.15, -0.1) is 11.3 Å². The van der Waals surface area contributed by atoms with Crippen LogP contribution in [-0.2, 0) is 7.05 Å². The zero-order valence-corrected chi connectivity index (χ0v) is 8.02. The van der Waals surface area contributed by atoms with Gasteiger partial charge in [-0.25, -0.2) is 19.4 Å². The van der Waals surface area contributed by atoms with Crippen LogP contribution in [0.1, 0.15) is 10.5 Å². The first-order chi connectivity index (χ1) is 6.70. The van der Waals surface area contributed by atoms with E-state index < -0.39 is 5.97 Å². The molecule has 0 spiro atoms. The van der Waals surface area contributed by atoms with Crippen LogP contribution in [0.4, 0.5) is 0 Å². The summed E-state index contributed by atoms with van der Waals surface area (Å²) in [6.45, 7) is 0. The third-order valence-corrected chi connectivity index (χ3v) is 2.51. The van der Waals surface area contributed by atoms with Gasteiger partial charge in [0.2, 0.25) is 0 Å². The van der Waals surface area contributed by atoms with E-state index >= 15 is 0 Å². The van der Waals surface area contributed by atoms with E-state index in [1.54, 1.807) is 7.05 Å². The van der Waals surface area contributed by atoms with E-state index in [1.165, 1.54) is 27.9 Å². The van der Waals surface area contributed by atoms with Gasteiger partial charge in [-0.3, -0.25) is 0 Å². The van der Waals surface area contributed by atoms with E-state index in [2.05, 4.69) is 15.1 Å². The molecule has 0 amide bonds. The third-order valence-electron chi connectivity index (χ3n) is 1.68. The summed E-state index contributed by atoms with van der Waals surface area (Å²) in [6.07, 6.45) is 1.38. The number of hydrogen-bond donors (Lipinski definition) is 1. The first-order valence-corrected chi connectivity index (χ1v) is 4.59. The highest BCUT2D eigenvalue weighted by Crippen LogP contribution is 2.24. The number of carboxylic acids is 1. The molecular formula is C7H6N4O2S. The number of hydrogen-bond acceptors (Lipinski definition) is 5. The Kier molecular flexibility index (Phi) is 2.01. The molecule has 0 saturated carbocycles. The second-order valence-corrected chi connectivity index (χ2v) is 3.40. The molecule has 2 aromatic heterocycles. The molecule has 72 valence electrons. The molecule has 0 atom stereocenters. The SMILES string of the molecule is Cn1ncnc1-c1scnc1C(=O)O. The van der Waals surface area contributed by atoms with Gasteiger partial charge in [-0.1, -0.05) is 0 Å². The summed E-state index contributed by atoms with van der Waals surface area (Å²) in [7, 11) is 1.70. The number of carboxylic acid groups (broad SMARTS) is 1. The van der Waals surface area contributed by atoms with E-state index in [0.717, 1.165) is 0 Å². The van der Waals surface area contributed by atoms with Gasteiger partial charge in [0.15, 0.2) is 11.5 Å². The van der Waals surface area contributed by atoms with Crippen LogP contribution in [0.2, 0.25) is 0 Å². The van der Waals surface area contributed by atoms with Crippen molar-refractivity contribution in [1.29, 1.82) is 0 Å². The summed E-state index contributed by atoms with van der Waals surface area (Å²) in [5.41, 5.74) is 1.50. The fraction of sp³-hybridized carbons (Fsp3) is 0.143. The molecule has 0 aliphatic rings.